The summed E-state index contributed by atoms with van der Waals surface area (Å²) in [6.45, 7) is 4.76. The number of hydrogen-bond donors (Lipinski definition) is 0. The molecule has 122 valence electrons. The molecule has 0 aromatic heterocycles. The van der Waals surface area contributed by atoms with Gasteiger partial charge >= 0.3 is 0 Å². The van der Waals surface area contributed by atoms with E-state index >= 15 is 0 Å². The van der Waals surface area contributed by atoms with E-state index < -0.39 is 0 Å². The van der Waals surface area contributed by atoms with Crippen molar-refractivity contribution in [1.29, 1.82) is 0 Å². The number of ketones is 1. The van der Waals surface area contributed by atoms with Crippen LogP contribution in [0.2, 0.25) is 0 Å². The average Bonchev–Trinajstić information content (AvgIpc) is 2.78. The molecule has 22 heavy (non-hydrogen) atoms. The van der Waals surface area contributed by atoms with Gasteiger partial charge in [0.15, 0.2) is 5.78 Å². The van der Waals surface area contributed by atoms with Crippen molar-refractivity contribution in [2.24, 2.45) is 28.6 Å². The fraction of sp³-hybridized carbons (Fsp3) is 0.850. The summed E-state index contributed by atoms with van der Waals surface area (Å²) in [4.78, 5) is 12.8. The molecule has 4 rings (SSSR count). The monoisotopic (exact) mass is 302 g/mol. The van der Waals surface area contributed by atoms with Gasteiger partial charge < -0.3 is 4.74 Å². The van der Waals surface area contributed by atoms with Crippen LogP contribution in [0.3, 0.4) is 0 Å². The van der Waals surface area contributed by atoms with Crippen LogP contribution in [0, 0.1) is 28.6 Å². The summed E-state index contributed by atoms with van der Waals surface area (Å²) in [5.74, 6) is 2.44. The molecule has 0 bridgehead atoms. The molecule has 0 saturated heterocycles. The first-order valence-electron chi connectivity index (χ1n) is 9.27. The summed E-state index contributed by atoms with van der Waals surface area (Å²) < 4.78 is 5.53. The number of hydrogen-bond acceptors (Lipinski definition) is 2. The third-order valence-corrected chi connectivity index (χ3v) is 8.02. The van der Waals surface area contributed by atoms with Crippen LogP contribution < -0.4 is 0 Å². The van der Waals surface area contributed by atoms with Crippen molar-refractivity contribution >= 4 is 5.78 Å². The maximum Gasteiger partial charge on any atom is 0.167 e. The third-order valence-electron chi connectivity index (χ3n) is 8.02. The standard InChI is InChI=1S/C20H30O2/c1-19-10-5-4-6-13(19)7-8-14-15(19)9-11-20(2)16(14)12-17(22-3)18(20)21/h7,14-17H,4-6,8-12H2,1-3H3/t14-,15+,16+,17+,19+,20+/m1/s1. The van der Waals surface area contributed by atoms with Crippen LogP contribution in [-0.2, 0) is 9.53 Å². The minimum Gasteiger partial charge on any atom is -0.374 e. The quantitative estimate of drug-likeness (QED) is 0.665. The van der Waals surface area contributed by atoms with Gasteiger partial charge in [0.2, 0.25) is 0 Å². The van der Waals surface area contributed by atoms with Gasteiger partial charge in [-0.2, -0.15) is 0 Å². The Morgan fingerprint density at radius 1 is 1.14 bits per heavy atom. The summed E-state index contributed by atoms with van der Waals surface area (Å²) in [6.07, 6.45) is 12.4. The second-order valence-electron chi connectivity index (χ2n) is 8.75. The van der Waals surface area contributed by atoms with E-state index in [1.165, 1.54) is 38.5 Å². The van der Waals surface area contributed by atoms with Gasteiger partial charge in [0.05, 0.1) is 0 Å². The number of Topliss-reactive ketones (excluding diaryl/α,β-unsaturated/α-hetero) is 1. The molecule has 0 spiro atoms. The number of rotatable bonds is 1. The zero-order chi connectivity index (χ0) is 15.5. The molecule has 2 heteroatoms. The van der Waals surface area contributed by atoms with E-state index in [4.69, 9.17) is 4.74 Å². The molecule has 4 aliphatic carbocycles. The van der Waals surface area contributed by atoms with Crippen molar-refractivity contribution in [2.45, 2.75) is 71.3 Å². The Morgan fingerprint density at radius 2 is 1.95 bits per heavy atom. The first-order valence-corrected chi connectivity index (χ1v) is 9.27. The lowest BCUT2D eigenvalue weighted by Crippen LogP contribution is -2.49. The normalized spacial score (nSPS) is 50.9. The number of fused-ring (bicyclic) bond motifs is 5. The Hall–Kier alpha value is -0.630. The van der Waals surface area contributed by atoms with Gasteiger partial charge in [-0.1, -0.05) is 31.9 Å². The number of carbonyl (C=O) groups is 1. The highest BCUT2D eigenvalue weighted by Crippen LogP contribution is 2.64. The Balaban J connectivity index is 1.69. The van der Waals surface area contributed by atoms with Crippen molar-refractivity contribution in [1.82, 2.24) is 0 Å². The number of methoxy groups -OCH3 is 1. The number of ether oxygens (including phenoxy) is 1. The van der Waals surface area contributed by atoms with E-state index in [1.807, 2.05) is 0 Å². The van der Waals surface area contributed by atoms with Gasteiger partial charge in [-0.3, -0.25) is 4.79 Å². The molecule has 0 aromatic carbocycles. The SMILES string of the molecule is CO[C@H]1C[C@H]2[C@@H]3CC=C4CCCC[C@]4(C)[C@H]3CC[C@]2(C)C1=O. The van der Waals surface area contributed by atoms with Gasteiger partial charge in [-0.05, 0) is 68.1 Å². The summed E-state index contributed by atoms with van der Waals surface area (Å²) in [7, 11) is 1.71. The molecule has 6 atom stereocenters. The van der Waals surface area contributed by atoms with E-state index in [2.05, 4.69) is 19.9 Å². The van der Waals surface area contributed by atoms with Gasteiger partial charge in [0, 0.05) is 12.5 Å². The minimum absolute atomic E-state index is 0.113. The van der Waals surface area contributed by atoms with Crippen molar-refractivity contribution < 1.29 is 9.53 Å². The van der Waals surface area contributed by atoms with E-state index in [0.29, 0.717) is 23.0 Å². The van der Waals surface area contributed by atoms with Gasteiger partial charge in [0.25, 0.3) is 0 Å². The van der Waals surface area contributed by atoms with E-state index in [9.17, 15) is 4.79 Å². The lowest BCUT2D eigenvalue weighted by Gasteiger charge is -2.56. The zero-order valence-electron chi connectivity index (χ0n) is 14.4. The molecule has 0 unspecified atom stereocenters. The summed E-state index contributed by atoms with van der Waals surface area (Å²) >= 11 is 0. The van der Waals surface area contributed by atoms with Crippen LogP contribution in [0.4, 0.5) is 0 Å². The third kappa shape index (κ3) is 1.79. The van der Waals surface area contributed by atoms with Crippen LogP contribution in [-0.4, -0.2) is 19.0 Å². The molecule has 3 fully saturated rings. The lowest BCUT2D eigenvalue weighted by atomic mass is 9.48. The van der Waals surface area contributed by atoms with Crippen molar-refractivity contribution in [3.05, 3.63) is 11.6 Å². The highest BCUT2D eigenvalue weighted by atomic mass is 16.5. The molecule has 0 aromatic rings. The van der Waals surface area contributed by atoms with E-state index in [0.717, 1.165) is 18.8 Å². The summed E-state index contributed by atoms with van der Waals surface area (Å²) in [6, 6.07) is 0. The largest absolute Gasteiger partial charge is 0.374 e. The Bertz CT molecular complexity index is 522. The predicted molar refractivity (Wildman–Crippen MR) is 87.5 cm³/mol. The Labute approximate surface area is 134 Å². The van der Waals surface area contributed by atoms with Gasteiger partial charge in [-0.15, -0.1) is 0 Å². The van der Waals surface area contributed by atoms with E-state index in [1.54, 1.807) is 12.7 Å². The first kappa shape index (κ1) is 14.9. The van der Waals surface area contributed by atoms with Crippen molar-refractivity contribution in [3.8, 4) is 0 Å². The molecule has 2 nitrogen and oxygen atoms in total. The minimum atomic E-state index is -0.140. The first-order chi connectivity index (χ1) is 10.5. The van der Waals surface area contributed by atoms with Gasteiger partial charge in [0.1, 0.15) is 6.10 Å². The molecule has 0 radical (unpaired) electrons. The molecule has 0 N–H and O–H groups in total. The lowest BCUT2D eigenvalue weighted by molar-refractivity contribution is -0.137. The van der Waals surface area contributed by atoms with Crippen molar-refractivity contribution in [3.63, 3.8) is 0 Å². The molecule has 0 amide bonds. The molecule has 0 aliphatic heterocycles. The Morgan fingerprint density at radius 3 is 2.73 bits per heavy atom. The second kappa shape index (κ2) is 4.93. The molecule has 3 saturated carbocycles. The average molecular weight is 302 g/mol. The predicted octanol–water partition coefficient (Wildman–Crippen LogP) is 4.53. The van der Waals surface area contributed by atoms with E-state index in [-0.39, 0.29) is 11.5 Å². The van der Waals surface area contributed by atoms with Crippen LogP contribution in [0.15, 0.2) is 11.6 Å². The highest BCUT2D eigenvalue weighted by Gasteiger charge is 2.60. The van der Waals surface area contributed by atoms with Gasteiger partial charge in [-0.25, -0.2) is 0 Å². The number of allylic oxidation sites excluding steroid dienone is 2. The van der Waals surface area contributed by atoms with Crippen molar-refractivity contribution in [2.75, 3.05) is 7.11 Å². The van der Waals surface area contributed by atoms with Crippen LogP contribution in [0.25, 0.3) is 0 Å². The fourth-order valence-corrected chi connectivity index (χ4v) is 6.67. The maximum absolute atomic E-state index is 12.8. The molecular weight excluding hydrogens is 272 g/mol. The zero-order valence-corrected chi connectivity index (χ0v) is 14.4. The molecular formula is C20H30O2. The molecule has 4 aliphatic rings. The Kier molecular flexibility index (Phi) is 3.35. The second-order valence-corrected chi connectivity index (χ2v) is 8.75. The molecule has 0 heterocycles. The smallest absolute Gasteiger partial charge is 0.167 e. The van der Waals surface area contributed by atoms with Crippen LogP contribution in [0.5, 0.6) is 0 Å². The summed E-state index contributed by atoms with van der Waals surface area (Å²) in [5.41, 5.74) is 2.06. The number of carbonyl (C=O) groups excluding carboxylic acids is 1. The summed E-state index contributed by atoms with van der Waals surface area (Å²) in [5, 5.41) is 0. The maximum atomic E-state index is 12.8. The topological polar surface area (TPSA) is 26.3 Å². The van der Waals surface area contributed by atoms with Crippen LogP contribution in [0.1, 0.15) is 65.2 Å². The fourth-order valence-electron chi connectivity index (χ4n) is 6.67. The highest BCUT2D eigenvalue weighted by molar-refractivity contribution is 5.91. The van der Waals surface area contributed by atoms with Crippen LogP contribution >= 0.6 is 0 Å².